The van der Waals surface area contributed by atoms with E-state index in [0.29, 0.717) is 11.3 Å². The van der Waals surface area contributed by atoms with Crippen LogP contribution in [0.1, 0.15) is 31.1 Å². The van der Waals surface area contributed by atoms with Gasteiger partial charge in [0, 0.05) is 16.7 Å². The molecule has 0 aliphatic rings. The molecule has 2 aromatic carbocycles. The second kappa shape index (κ2) is 6.39. The van der Waals surface area contributed by atoms with Crippen LogP contribution in [0.5, 0.6) is 0 Å². The number of hydrogen-bond acceptors (Lipinski definition) is 3. The molecule has 6 heteroatoms. The van der Waals surface area contributed by atoms with Crippen LogP contribution in [0.15, 0.2) is 54.9 Å². The fourth-order valence-corrected chi connectivity index (χ4v) is 2.28. The molecule has 0 unspecified atom stereocenters. The van der Waals surface area contributed by atoms with Gasteiger partial charge in [0.1, 0.15) is 6.33 Å². The molecule has 3 rings (SSSR count). The molecule has 0 fully saturated rings. The molecule has 6 nitrogen and oxygen atoms in total. The second-order valence-corrected chi connectivity index (χ2v) is 6.83. The quantitative estimate of drug-likeness (QED) is 0.769. The average molecular weight is 336 g/mol. The van der Waals surface area contributed by atoms with E-state index >= 15 is 0 Å². The molecule has 0 saturated heterocycles. The number of aromatic nitrogens is 2. The summed E-state index contributed by atoms with van der Waals surface area (Å²) in [6, 6.07) is 14.4. The lowest BCUT2D eigenvalue weighted by molar-refractivity contribution is -0.123. The highest BCUT2D eigenvalue weighted by Gasteiger charge is 2.21. The monoisotopic (exact) mass is 336 g/mol. The summed E-state index contributed by atoms with van der Waals surface area (Å²) in [4.78, 5) is 28.9. The van der Waals surface area contributed by atoms with Gasteiger partial charge in [-0.05, 0) is 30.3 Å². The van der Waals surface area contributed by atoms with E-state index < -0.39 is 5.41 Å². The Kier molecular flexibility index (Phi) is 4.27. The van der Waals surface area contributed by atoms with Gasteiger partial charge >= 0.3 is 0 Å². The molecule has 0 aliphatic carbocycles. The molecule has 0 radical (unpaired) electrons. The van der Waals surface area contributed by atoms with E-state index in [1.807, 2.05) is 45.0 Å². The Bertz CT molecular complexity index is 938. The number of benzene rings is 2. The van der Waals surface area contributed by atoms with Crippen molar-refractivity contribution in [2.75, 3.05) is 10.7 Å². The topological polar surface area (TPSA) is 76.0 Å². The Balaban J connectivity index is 1.79. The van der Waals surface area contributed by atoms with Gasteiger partial charge in [0.2, 0.25) is 5.91 Å². The lowest BCUT2D eigenvalue weighted by Gasteiger charge is -2.18. The van der Waals surface area contributed by atoms with Gasteiger partial charge in [-0.15, -0.1) is 0 Å². The number of rotatable bonds is 3. The van der Waals surface area contributed by atoms with Crippen molar-refractivity contribution in [3.8, 4) is 0 Å². The summed E-state index contributed by atoms with van der Waals surface area (Å²) in [5.74, 6) is -0.388. The molecule has 1 heterocycles. The van der Waals surface area contributed by atoms with Crippen LogP contribution in [-0.4, -0.2) is 21.5 Å². The predicted octanol–water partition coefficient (Wildman–Crippen LogP) is 3.40. The van der Waals surface area contributed by atoms with E-state index in [4.69, 9.17) is 0 Å². The fourth-order valence-electron chi connectivity index (χ4n) is 2.28. The van der Waals surface area contributed by atoms with Crippen molar-refractivity contribution in [3.05, 3.63) is 60.4 Å². The largest absolute Gasteiger partial charge is 0.326 e. The van der Waals surface area contributed by atoms with Gasteiger partial charge in [0.05, 0.1) is 11.0 Å². The van der Waals surface area contributed by atoms with Gasteiger partial charge in [0.15, 0.2) is 0 Å². The highest BCUT2D eigenvalue weighted by Crippen LogP contribution is 2.18. The number of hydrogen-bond donors (Lipinski definition) is 2. The minimum absolute atomic E-state index is 0.106. The third kappa shape index (κ3) is 3.68. The minimum atomic E-state index is -0.506. The normalized spacial score (nSPS) is 11.3. The van der Waals surface area contributed by atoms with Crippen molar-refractivity contribution in [2.24, 2.45) is 5.41 Å². The second-order valence-electron chi connectivity index (χ2n) is 6.83. The molecule has 25 heavy (non-hydrogen) atoms. The van der Waals surface area contributed by atoms with Crippen molar-refractivity contribution in [2.45, 2.75) is 20.8 Å². The lowest BCUT2D eigenvalue weighted by Crippen LogP contribution is -2.28. The highest BCUT2D eigenvalue weighted by molar-refractivity contribution is 6.02. The van der Waals surface area contributed by atoms with Gasteiger partial charge in [0.25, 0.3) is 5.91 Å². The maximum absolute atomic E-state index is 12.5. The van der Waals surface area contributed by atoms with Crippen LogP contribution in [0.3, 0.4) is 0 Å². The van der Waals surface area contributed by atoms with E-state index in [-0.39, 0.29) is 11.8 Å². The highest BCUT2D eigenvalue weighted by atomic mass is 16.2. The van der Waals surface area contributed by atoms with Gasteiger partial charge < -0.3 is 5.32 Å². The molecular weight excluding hydrogens is 316 g/mol. The fraction of sp³-hybridized carbons (Fsp3) is 0.211. The molecule has 0 saturated carbocycles. The Hall–Kier alpha value is -3.15. The molecule has 1 aromatic heterocycles. The maximum atomic E-state index is 12.5. The Morgan fingerprint density at radius 3 is 2.56 bits per heavy atom. The van der Waals surface area contributed by atoms with Crippen LogP contribution < -0.4 is 10.7 Å². The van der Waals surface area contributed by atoms with Gasteiger partial charge in [-0.25, -0.2) is 9.66 Å². The zero-order chi connectivity index (χ0) is 18.0. The number of imidazole rings is 1. The van der Waals surface area contributed by atoms with Crippen molar-refractivity contribution in [1.82, 2.24) is 9.66 Å². The van der Waals surface area contributed by atoms with Crippen LogP contribution in [0.4, 0.5) is 5.69 Å². The maximum Gasteiger partial charge on any atom is 0.270 e. The SMILES string of the molecule is CC(C)(C)C(=O)Nc1cccc(C(=O)Nn2cnc3ccccc32)c1. The minimum Gasteiger partial charge on any atom is -0.326 e. The average Bonchev–Trinajstić information content (AvgIpc) is 2.97. The molecule has 0 bridgehead atoms. The third-order valence-corrected chi connectivity index (χ3v) is 3.74. The van der Waals surface area contributed by atoms with Crippen LogP contribution in [0.2, 0.25) is 0 Å². The van der Waals surface area contributed by atoms with Crippen molar-refractivity contribution >= 4 is 28.5 Å². The predicted molar refractivity (Wildman–Crippen MR) is 98.0 cm³/mol. The lowest BCUT2D eigenvalue weighted by atomic mass is 9.95. The van der Waals surface area contributed by atoms with E-state index in [9.17, 15) is 9.59 Å². The number of nitrogens with one attached hydrogen (secondary N) is 2. The number of anilines is 1. The number of carbonyl (C=O) groups excluding carboxylic acids is 2. The number of fused-ring (bicyclic) bond motifs is 1. The standard InChI is InChI=1S/C19H20N4O2/c1-19(2,3)18(25)21-14-8-6-7-13(11-14)17(24)22-23-12-20-15-9-4-5-10-16(15)23/h4-12H,1-3H3,(H,21,25)(H,22,24). The molecule has 3 aromatic rings. The van der Waals surface area contributed by atoms with Crippen LogP contribution in [-0.2, 0) is 4.79 Å². The number of carbonyl (C=O) groups is 2. The first-order valence-electron chi connectivity index (χ1n) is 7.99. The molecule has 0 aliphatic heterocycles. The Morgan fingerprint density at radius 1 is 1.04 bits per heavy atom. The molecule has 2 amide bonds. The summed E-state index contributed by atoms with van der Waals surface area (Å²) in [6.07, 6.45) is 1.56. The summed E-state index contributed by atoms with van der Waals surface area (Å²) >= 11 is 0. The Morgan fingerprint density at radius 2 is 1.80 bits per heavy atom. The third-order valence-electron chi connectivity index (χ3n) is 3.74. The number of amides is 2. The van der Waals surface area contributed by atoms with E-state index in [0.717, 1.165) is 11.0 Å². The van der Waals surface area contributed by atoms with Gasteiger partial charge in [-0.1, -0.05) is 39.0 Å². The number of para-hydroxylation sites is 2. The summed E-state index contributed by atoms with van der Waals surface area (Å²) in [5, 5.41) is 2.83. The van der Waals surface area contributed by atoms with Crippen LogP contribution in [0.25, 0.3) is 11.0 Å². The van der Waals surface area contributed by atoms with Gasteiger partial charge in [-0.2, -0.15) is 0 Å². The van der Waals surface area contributed by atoms with E-state index in [1.165, 1.54) is 0 Å². The van der Waals surface area contributed by atoms with E-state index in [1.54, 1.807) is 35.3 Å². The summed E-state index contributed by atoms with van der Waals surface area (Å²) < 4.78 is 1.58. The first-order chi connectivity index (χ1) is 11.8. The molecule has 0 atom stereocenters. The van der Waals surface area contributed by atoms with Crippen molar-refractivity contribution < 1.29 is 9.59 Å². The smallest absolute Gasteiger partial charge is 0.270 e. The molecule has 0 spiro atoms. The first-order valence-corrected chi connectivity index (χ1v) is 7.99. The summed E-state index contributed by atoms with van der Waals surface area (Å²) in [7, 11) is 0. The van der Waals surface area contributed by atoms with Crippen molar-refractivity contribution in [3.63, 3.8) is 0 Å². The molecular formula is C19H20N4O2. The Labute approximate surface area is 145 Å². The summed E-state index contributed by atoms with van der Waals surface area (Å²) in [5.41, 5.74) is 4.94. The zero-order valence-electron chi connectivity index (χ0n) is 14.4. The van der Waals surface area contributed by atoms with Crippen LogP contribution >= 0.6 is 0 Å². The number of nitrogens with zero attached hydrogens (tertiary/aromatic N) is 2. The summed E-state index contributed by atoms with van der Waals surface area (Å²) in [6.45, 7) is 5.51. The molecule has 128 valence electrons. The molecule has 2 N–H and O–H groups in total. The first kappa shape index (κ1) is 16.7. The van der Waals surface area contributed by atoms with Crippen molar-refractivity contribution in [1.29, 1.82) is 0 Å². The zero-order valence-corrected chi connectivity index (χ0v) is 14.4. The van der Waals surface area contributed by atoms with Crippen LogP contribution in [0, 0.1) is 5.41 Å². The van der Waals surface area contributed by atoms with E-state index in [2.05, 4.69) is 15.7 Å². The van der Waals surface area contributed by atoms with Gasteiger partial charge in [-0.3, -0.25) is 15.0 Å².